The van der Waals surface area contributed by atoms with Crippen LogP contribution in [-0.2, 0) is 16.1 Å². The molecule has 9 heteroatoms. The van der Waals surface area contributed by atoms with Gasteiger partial charge < -0.3 is 19.7 Å². The van der Waals surface area contributed by atoms with Crippen LogP contribution in [0.2, 0.25) is 0 Å². The molecule has 36 heavy (non-hydrogen) atoms. The van der Waals surface area contributed by atoms with Gasteiger partial charge in [-0.1, -0.05) is 0 Å². The maximum Gasteiger partial charge on any atom is 0.255 e. The number of imide groups is 1. The summed E-state index contributed by atoms with van der Waals surface area (Å²) in [5, 5.41) is 5.91. The Hall–Kier alpha value is -3.46. The van der Waals surface area contributed by atoms with Crippen molar-refractivity contribution in [2.75, 3.05) is 13.7 Å². The molecule has 1 aromatic heterocycles. The van der Waals surface area contributed by atoms with E-state index in [9.17, 15) is 14.4 Å². The average Bonchev–Trinajstić information content (AvgIpc) is 3.47. The molecule has 9 nitrogen and oxygen atoms in total. The van der Waals surface area contributed by atoms with E-state index >= 15 is 0 Å². The number of ether oxygens (including phenoxy) is 2. The Morgan fingerprint density at radius 2 is 1.92 bits per heavy atom. The maximum atomic E-state index is 13.5. The molecule has 3 atom stereocenters. The SMILES string of the molecule is COc1cc(C2CNC2c2cc3c(cc2OC2CCCC2)CN(C2CCC(=O)NC2=O)C3=O)ccn1. The number of methoxy groups -OCH3 is 1. The number of aromatic nitrogens is 1. The number of amides is 3. The van der Waals surface area contributed by atoms with E-state index in [0.29, 0.717) is 24.4 Å². The standard InChI is InChI=1S/C27H30N4O5/c1-35-24-11-15(8-9-28-24)20-13-29-25(20)19-12-18-16(10-22(19)36-17-4-2-3-5-17)14-31(27(18)34)21-6-7-23(32)30-26(21)33/h8-12,17,20-21,25,29H,2-7,13-14H2,1H3,(H,30,32,33). The lowest BCUT2D eigenvalue weighted by Crippen LogP contribution is -2.52. The number of pyridine rings is 1. The summed E-state index contributed by atoms with van der Waals surface area (Å²) >= 11 is 0. The third kappa shape index (κ3) is 4.01. The number of nitrogens with one attached hydrogen (secondary N) is 2. The van der Waals surface area contributed by atoms with Crippen LogP contribution in [-0.4, -0.2) is 53.4 Å². The Morgan fingerprint density at radius 3 is 2.64 bits per heavy atom. The van der Waals surface area contributed by atoms with Crippen LogP contribution in [0.4, 0.5) is 0 Å². The number of rotatable bonds is 6. The Labute approximate surface area is 209 Å². The molecule has 2 saturated heterocycles. The van der Waals surface area contributed by atoms with E-state index in [1.807, 2.05) is 24.3 Å². The monoisotopic (exact) mass is 490 g/mol. The first-order valence-electron chi connectivity index (χ1n) is 12.7. The van der Waals surface area contributed by atoms with E-state index in [-0.39, 0.29) is 36.3 Å². The molecule has 0 bridgehead atoms. The molecule has 4 aliphatic rings. The van der Waals surface area contributed by atoms with Crippen LogP contribution in [0.1, 0.15) is 77.5 Å². The summed E-state index contributed by atoms with van der Waals surface area (Å²) in [5.41, 5.74) is 3.55. The van der Waals surface area contributed by atoms with Crippen molar-refractivity contribution in [1.82, 2.24) is 20.5 Å². The molecule has 188 valence electrons. The topological polar surface area (TPSA) is 110 Å². The fourth-order valence-electron chi connectivity index (χ4n) is 5.90. The molecular weight excluding hydrogens is 460 g/mol. The van der Waals surface area contributed by atoms with Crippen molar-refractivity contribution in [2.24, 2.45) is 0 Å². The number of fused-ring (bicyclic) bond motifs is 1. The van der Waals surface area contributed by atoms with E-state index in [4.69, 9.17) is 9.47 Å². The number of benzene rings is 1. The van der Waals surface area contributed by atoms with Gasteiger partial charge in [0.2, 0.25) is 17.7 Å². The predicted octanol–water partition coefficient (Wildman–Crippen LogP) is 2.60. The highest BCUT2D eigenvalue weighted by atomic mass is 16.5. The van der Waals surface area contributed by atoms with Crippen molar-refractivity contribution in [3.8, 4) is 11.6 Å². The molecule has 3 aliphatic heterocycles. The van der Waals surface area contributed by atoms with Gasteiger partial charge >= 0.3 is 0 Å². The second-order valence-electron chi connectivity index (χ2n) is 10.1. The van der Waals surface area contributed by atoms with E-state index in [1.165, 1.54) is 0 Å². The molecule has 1 aromatic carbocycles. The maximum absolute atomic E-state index is 13.5. The molecule has 3 fully saturated rings. The summed E-state index contributed by atoms with van der Waals surface area (Å²) in [4.78, 5) is 43.4. The first-order chi connectivity index (χ1) is 17.5. The highest BCUT2D eigenvalue weighted by Gasteiger charge is 2.42. The van der Waals surface area contributed by atoms with Crippen LogP contribution in [0.15, 0.2) is 30.5 Å². The molecule has 3 unspecified atom stereocenters. The minimum atomic E-state index is -0.635. The number of carbonyl (C=O) groups excluding carboxylic acids is 3. The van der Waals surface area contributed by atoms with Gasteiger partial charge in [-0.3, -0.25) is 19.7 Å². The van der Waals surface area contributed by atoms with E-state index < -0.39 is 11.9 Å². The van der Waals surface area contributed by atoms with Gasteiger partial charge in [0.05, 0.1) is 13.2 Å². The summed E-state index contributed by atoms with van der Waals surface area (Å²) in [7, 11) is 1.61. The molecule has 2 aromatic rings. The van der Waals surface area contributed by atoms with Crippen LogP contribution in [0, 0.1) is 0 Å². The lowest BCUT2D eigenvalue weighted by atomic mass is 9.80. The zero-order valence-corrected chi connectivity index (χ0v) is 20.3. The van der Waals surface area contributed by atoms with Gasteiger partial charge in [0.25, 0.3) is 5.91 Å². The van der Waals surface area contributed by atoms with Gasteiger partial charge in [-0.25, -0.2) is 4.98 Å². The molecule has 6 rings (SSSR count). The quantitative estimate of drug-likeness (QED) is 0.599. The summed E-state index contributed by atoms with van der Waals surface area (Å²) in [5.74, 6) is 0.710. The van der Waals surface area contributed by atoms with Gasteiger partial charge in [0.1, 0.15) is 11.8 Å². The molecule has 1 aliphatic carbocycles. The zero-order valence-electron chi connectivity index (χ0n) is 20.3. The van der Waals surface area contributed by atoms with Crippen molar-refractivity contribution in [2.45, 2.75) is 69.2 Å². The van der Waals surface area contributed by atoms with Crippen LogP contribution in [0.5, 0.6) is 11.6 Å². The Bertz CT molecular complexity index is 1220. The Balaban J connectivity index is 1.33. The zero-order chi connectivity index (χ0) is 24.8. The molecule has 4 heterocycles. The lowest BCUT2D eigenvalue weighted by molar-refractivity contribution is -0.136. The van der Waals surface area contributed by atoms with Gasteiger partial charge in [-0.15, -0.1) is 0 Å². The van der Waals surface area contributed by atoms with Crippen molar-refractivity contribution in [3.63, 3.8) is 0 Å². The third-order valence-corrected chi connectivity index (χ3v) is 7.94. The van der Waals surface area contributed by atoms with Crippen LogP contribution < -0.4 is 20.1 Å². The largest absolute Gasteiger partial charge is 0.490 e. The Kier molecular flexibility index (Phi) is 5.87. The minimum Gasteiger partial charge on any atom is -0.490 e. The van der Waals surface area contributed by atoms with Crippen molar-refractivity contribution >= 4 is 17.7 Å². The summed E-state index contributed by atoms with van der Waals surface area (Å²) < 4.78 is 11.9. The molecule has 0 radical (unpaired) electrons. The summed E-state index contributed by atoms with van der Waals surface area (Å²) in [6.45, 7) is 1.14. The summed E-state index contributed by atoms with van der Waals surface area (Å²) in [6.07, 6.45) is 6.89. The number of nitrogens with zero attached hydrogens (tertiary/aromatic N) is 2. The lowest BCUT2D eigenvalue weighted by Gasteiger charge is -2.40. The fraction of sp³-hybridized carbons (Fsp3) is 0.481. The highest BCUT2D eigenvalue weighted by molar-refractivity contribution is 6.05. The van der Waals surface area contributed by atoms with E-state index in [0.717, 1.165) is 54.7 Å². The third-order valence-electron chi connectivity index (χ3n) is 7.94. The van der Waals surface area contributed by atoms with Crippen LogP contribution >= 0.6 is 0 Å². The van der Waals surface area contributed by atoms with Crippen molar-refractivity contribution in [1.29, 1.82) is 0 Å². The number of hydrogen-bond donors (Lipinski definition) is 2. The van der Waals surface area contributed by atoms with Crippen LogP contribution in [0.3, 0.4) is 0 Å². The van der Waals surface area contributed by atoms with E-state index in [2.05, 4.69) is 15.6 Å². The second-order valence-corrected chi connectivity index (χ2v) is 10.1. The number of hydrogen-bond acceptors (Lipinski definition) is 7. The fourth-order valence-corrected chi connectivity index (χ4v) is 5.90. The average molecular weight is 491 g/mol. The van der Waals surface area contributed by atoms with Crippen LogP contribution in [0.25, 0.3) is 0 Å². The Morgan fingerprint density at radius 1 is 1.08 bits per heavy atom. The normalized spacial score (nSPS) is 26.0. The molecular formula is C27H30N4O5. The summed E-state index contributed by atoms with van der Waals surface area (Å²) in [6, 6.07) is 7.26. The van der Waals surface area contributed by atoms with Gasteiger partial charge in [0.15, 0.2) is 0 Å². The molecule has 3 amide bonds. The molecule has 1 saturated carbocycles. The number of carbonyl (C=O) groups is 3. The van der Waals surface area contributed by atoms with E-state index in [1.54, 1.807) is 18.2 Å². The predicted molar refractivity (Wildman–Crippen MR) is 130 cm³/mol. The smallest absolute Gasteiger partial charge is 0.255 e. The minimum absolute atomic E-state index is 0.0174. The van der Waals surface area contributed by atoms with Crippen molar-refractivity contribution < 1.29 is 23.9 Å². The first kappa shape index (κ1) is 23.0. The number of piperidine rings is 1. The molecule has 2 N–H and O–H groups in total. The first-order valence-corrected chi connectivity index (χ1v) is 12.7. The van der Waals surface area contributed by atoms with Gasteiger partial charge in [0, 0.05) is 54.9 Å². The van der Waals surface area contributed by atoms with Crippen molar-refractivity contribution in [3.05, 3.63) is 52.7 Å². The van der Waals surface area contributed by atoms with Gasteiger partial charge in [-0.05, 0) is 61.4 Å². The highest BCUT2D eigenvalue weighted by Crippen LogP contribution is 2.45. The molecule has 0 spiro atoms. The van der Waals surface area contributed by atoms with Gasteiger partial charge in [-0.2, -0.15) is 0 Å². The second kappa shape index (κ2) is 9.20.